The Hall–Kier alpha value is -2.17. The van der Waals surface area contributed by atoms with E-state index < -0.39 is 0 Å². The number of hydrogen-bond donors (Lipinski definition) is 0. The number of hydrogen-bond acceptors (Lipinski definition) is 4. The van der Waals surface area contributed by atoms with Crippen LogP contribution < -0.4 is 0 Å². The fourth-order valence-corrected chi connectivity index (χ4v) is 1.67. The van der Waals surface area contributed by atoms with Crippen LogP contribution >= 0.6 is 0 Å². The maximum atomic E-state index is 11.7. The van der Waals surface area contributed by atoms with E-state index in [0.29, 0.717) is 5.56 Å². The first-order valence-electron chi connectivity index (χ1n) is 5.34. The molecule has 2 aromatic rings. The van der Waals surface area contributed by atoms with Gasteiger partial charge in [0, 0.05) is 6.42 Å². The molecule has 0 amide bonds. The lowest BCUT2D eigenvalue weighted by molar-refractivity contribution is 0.0601. The number of aromatic nitrogens is 3. The Morgan fingerprint density at radius 3 is 2.88 bits per heavy atom. The van der Waals surface area contributed by atoms with Gasteiger partial charge in [-0.25, -0.2) is 4.79 Å². The highest BCUT2D eigenvalue weighted by molar-refractivity contribution is 5.93. The van der Waals surface area contributed by atoms with E-state index in [4.69, 9.17) is 4.74 Å². The number of benzene rings is 1. The first kappa shape index (κ1) is 11.3. The van der Waals surface area contributed by atoms with Crippen LogP contribution in [0.15, 0.2) is 30.6 Å². The van der Waals surface area contributed by atoms with Gasteiger partial charge in [0.15, 0.2) is 0 Å². The van der Waals surface area contributed by atoms with Gasteiger partial charge in [-0.15, -0.1) is 10.2 Å². The summed E-state index contributed by atoms with van der Waals surface area (Å²) in [5.41, 5.74) is 1.24. The summed E-state index contributed by atoms with van der Waals surface area (Å²) >= 11 is 0. The summed E-state index contributed by atoms with van der Waals surface area (Å²) < 4.78 is 6.55. The van der Waals surface area contributed by atoms with Gasteiger partial charge in [-0.3, -0.25) is 4.57 Å². The predicted molar refractivity (Wildman–Crippen MR) is 62.1 cm³/mol. The molecule has 0 N–H and O–H groups in total. The van der Waals surface area contributed by atoms with Crippen molar-refractivity contribution in [1.82, 2.24) is 14.8 Å². The van der Waals surface area contributed by atoms with Crippen molar-refractivity contribution in [1.29, 1.82) is 0 Å². The smallest absolute Gasteiger partial charge is 0.339 e. The Balaban J connectivity index is 2.56. The number of carbonyl (C=O) groups is 1. The van der Waals surface area contributed by atoms with Gasteiger partial charge >= 0.3 is 5.97 Å². The Morgan fingerprint density at radius 1 is 1.41 bits per heavy atom. The van der Waals surface area contributed by atoms with Crippen molar-refractivity contribution < 1.29 is 9.53 Å². The van der Waals surface area contributed by atoms with Crippen LogP contribution in [0, 0.1) is 0 Å². The first-order chi connectivity index (χ1) is 8.27. The van der Waals surface area contributed by atoms with Gasteiger partial charge in [0.2, 0.25) is 0 Å². The lowest BCUT2D eigenvalue weighted by Gasteiger charge is -2.09. The average molecular weight is 231 g/mol. The molecule has 0 saturated carbocycles. The molecule has 0 aliphatic rings. The molecule has 5 nitrogen and oxygen atoms in total. The molecule has 1 aromatic heterocycles. The zero-order valence-corrected chi connectivity index (χ0v) is 9.75. The quantitative estimate of drug-likeness (QED) is 0.753. The number of ether oxygens (including phenoxy) is 1. The maximum Gasteiger partial charge on any atom is 0.339 e. The summed E-state index contributed by atoms with van der Waals surface area (Å²) in [6.45, 7) is 1.99. The van der Waals surface area contributed by atoms with Crippen molar-refractivity contribution in [2.24, 2.45) is 0 Å². The summed E-state index contributed by atoms with van der Waals surface area (Å²) in [6.07, 6.45) is 2.34. The second kappa shape index (κ2) is 4.78. The number of methoxy groups -OCH3 is 1. The molecule has 1 heterocycles. The number of rotatable bonds is 3. The lowest BCUT2D eigenvalue weighted by Crippen LogP contribution is -2.09. The Labute approximate surface area is 99.1 Å². The number of aryl methyl sites for hydroxylation is 1. The molecule has 0 bridgehead atoms. The molecule has 0 unspecified atom stereocenters. The second-order valence-electron chi connectivity index (χ2n) is 3.48. The van der Waals surface area contributed by atoms with Gasteiger partial charge in [0.05, 0.1) is 18.4 Å². The van der Waals surface area contributed by atoms with Gasteiger partial charge in [0.1, 0.15) is 12.2 Å². The molecule has 17 heavy (non-hydrogen) atoms. The molecular formula is C12H13N3O2. The SMILES string of the molecule is CCc1nncn1-c1ccccc1C(=O)OC. The van der Waals surface area contributed by atoms with Crippen LogP contribution in [0.1, 0.15) is 23.1 Å². The molecule has 0 saturated heterocycles. The topological polar surface area (TPSA) is 57.0 Å². The Morgan fingerprint density at radius 2 is 2.18 bits per heavy atom. The van der Waals surface area contributed by atoms with E-state index in [2.05, 4.69) is 10.2 Å². The average Bonchev–Trinajstić information content (AvgIpc) is 2.86. The molecule has 0 aliphatic heterocycles. The standard InChI is InChI=1S/C12H13N3O2/c1-3-11-14-13-8-15(11)10-7-5-4-6-9(10)12(16)17-2/h4-8H,3H2,1-2H3. The van der Waals surface area contributed by atoms with Crippen LogP contribution in [0.25, 0.3) is 5.69 Å². The summed E-state index contributed by atoms with van der Waals surface area (Å²) in [7, 11) is 1.37. The molecule has 0 fully saturated rings. The first-order valence-corrected chi connectivity index (χ1v) is 5.34. The molecule has 1 aromatic carbocycles. The summed E-state index contributed by atoms with van der Waals surface area (Å²) in [4.78, 5) is 11.7. The van der Waals surface area contributed by atoms with Gasteiger partial charge < -0.3 is 4.74 Å². The van der Waals surface area contributed by atoms with Crippen LogP contribution in [0.4, 0.5) is 0 Å². The van der Waals surface area contributed by atoms with Crippen LogP contribution in [0.2, 0.25) is 0 Å². The third kappa shape index (κ3) is 2.04. The van der Waals surface area contributed by atoms with E-state index in [1.54, 1.807) is 23.0 Å². The molecule has 0 atom stereocenters. The highest BCUT2D eigenvalue weighted by atomic mass is 16.5. The third-order valence-electron chi connectivity index (χ3n) is 2.50. The van der Waals surface area contributed by atoms with Gasteiger partial charge in [-0.05, 0) is 12.1 Å². The normalized spacial score (nSPS) is 10.2. The third-order valence-corrected chi connectivity index (χ3v) is 2.50. The zero-order chi connectivity index (χ0) is 12.3. The highest BCUT2D eigenvalue weighted by Crippen LogP contribution is 2.16. The van der Waals surface area contributed by atoms with Crippen molar-refractivity contribution in [2.75, 3.05) is 7.11 Å². The van der Waals surface area contributed by atoms with E-state index in [9.17, 15) is 4.79 Å². The maximum absolute atomic E-state index is 11.7. The molecule has 0 radical (unpaired) electrons. The van der Waals surface area contributed by atoms with Crippen molar-refractivity contribution >= 4 is 5.97 Å². The number of nitrogens with zero attached hydrogens (tertiary/aromatic N) is 3. The number of carbonyl (C=O) groups excluding carboxylic acids is 1. The highest BCUT2D eigenvalue weighted by Gasteiger charge is 2.14. The van der Waals surface area contributed by atoms with Gasteiger partial charge in [0.25, 0.3) is 0 Å². The van der Waals surface area contributed by atoms with Crippen molar-refractivity contribution in [3.8, 4) is 5.69 Å². The largest absolute Gasteiger partial charge is 0.465 e. The van der Waals surface area contributed by atoms with Gasteiger partial charge in [-0.1, -0.05) is 19.1 Å². The molecule has 88 valence electrons. The second-order valence-corrected chi connectivity index (χ2v) is 3.48. The minimum atomic E-state index is -0.364. The van der Waals surface area contributed by atoms with E-state index in [-0.39, 0.29) is 5.97 Å². The van der Waals surface area contributed by atoms with Crippen LogP contribution in [-0.2, 0) is 11.2 Å². The summed E-state index contributed by atoms with van der Waals surface area (Å²) in [5, 5.41) is 7.85. The lowest BCUT2D eigenvalue weighted by atomic mass is 10.1. The van der Waals surface area contributed by atoms with Crippen molar-refractivity contribution in [3.63, 3.8) is 0 Å². The summed E-state index contributed by atoms with van der Waals surface area (Å²) in [6, 6.07) is 7.22. The molecule has 0 spiro atoms. The minimum absolute atomic E-state index is 0.364. The van der Waals surface area contributed by atoms with E-state index in [1.807, 2.05) is 19.1 Å². The molecule has 5 heteroatoms. The molecule has 0 aliphatic carbocycles. The van der Waals surface area contributed by atoms with Crippen LogP contribution in [0.5, 0.6) is 0 Å². The molecular weight excluding hydrogens is 218 g/mol. The zero-order valence-electron chi connectivity index (χ0n) is 9.75. The fourth-order valence-electron chi connectivity index (χ4n) is 1.67. The number of esters is 1. The van der Waals surface area contributed by atoms with E-state index in [0.717, 1.165) is 17.9 Å². The Kier molecular flexibility index (Phi) is 3.18. The summed E-state index contributed by atoms with van der Waals surface area (Å²) in [5.74, 6) is 0.442. The molecule has 2 rings (SSSR count). The van der Waals surface area contributed by atoms with Crippen molar-refractivity contribution in [2.45, 2.75) is 13.3 Å². The van der Waals surface area contributed by atoms with Gasteiger partial charge in [-0.2, -0.15) is 0 Å². The van der Waals surface area contributed by atoms with E-state index >= 15 is 0 Å². The predicted octanol–water partition coefficient (Wildman–Crippen LogP) is 1.62. The van der Waals surface area contributed by atoms with E-state index in [1.165, 1.54) is 7.11 Å². The monoisotopic (exact) mass is 231 g/mol. The number of para-hydroxylation sites is 1. The van der Waals surface area contributed by atoms with Crippen LogP contribution in [-0.4, -0.2) is 27.8 Å². The van der Waals surface area contributed by atoms with Crippen LogP contribution in [0.3, 0.4) is 0 Å². The van der Waals surface area contributed by atoms with Crippen molar-refractivity contribution in [3.05, 3.63) is 42.0 Å². The Bertz CT molecular complexity index is 534. The fraction of sp³-hybridized carbons (Fsp3) is 0.250. The minimum Gasteiger partial charge on any atom is -0.465 e.